The average molecular weight is 328 g/mol. The third kappa shape index (κ3) is 3.34. The lowest BCUT2D eigenvalue weighted by Gasteiger charge is -2.27. The Morgan fingerprint density at radius 1 is 1.48 bits per heavy atom. The van der Waals surface area contributed by atoms with Crippen LogP contribution >= 0.6 is 0 Å². The Morgan fingerprint density at radius 3 is 2.96 bits per heavy atom. The highest BCUT2D eigenvalue weighted by atomic mass is 19.3. The molecule has 0 radical (unpaired) electrons. The Hall–Kier alpha value is -2.03. The SMILES string of the molecule is Cc1cc(C(F)F)nn1CC(=O)N1C[C@H]2COC[C@@H](C1)C(=O)N2. The van der Waals surface area contributed by atoms with Gasteiger partial charge in [-0.25, -0.2) is 8.78 Å². The third-order valence-electron chi connectivity index (χ3n) is 4.10. The van der Waals surface area contributed by atoms with Gasteiger partial charge in [-0.05, 0) is 13.0 Å². The van der Waals surface area contributed by atoms with Gasteiger partial charge in [0.2, 0.25) is 11.8 Å². The van der Waals surface area contributed by atoms with Crippen LogP contribution in [0.2, 0.25) is 0 Å². The van der Waals surface area contributed by atoms with E-state index in [1.165, 1.54) is 10.7 Å². The first-order chi connectivity index (χ1) is 10.9. The molecule has 3 rings (SSSR count). The summed E-state index contributed by atoms with van der Waals surface area (Å²) in [6, 6.07) is 1.03. The maximum atomic E-state index is 12.7. The number of halogens is 2. The summed E-state index contributed by atoms with van der Waals surface area (Å²) in [5, 5.41) is 6.61. The molecule has 0 saturated carbocycles. The number of carbonyl (C=O) groups is 2. The molecule has 3 heterocycles. The molecule has 2 bridgehead atoms. The summed E-state index contributed by atoms with van der Waals surface area (Å²) in [4.78, 5) is 26.0. The van der Waals surface area contributed by atoms with Gasteiger partial charge >= 0.3 is 0 Å². The van der Waals surface area contributed by atoms with E-state index in [2.05, 4.69) is 10.4 Å². The number of nitrogens with zero attached hydrogens (tertiary/aromatic N) is 3. The molecule has 1 aromatic heterocycles. The number of rotatable bonds is 3. The van der Waals surface area contributed by atoms with E-state index in [4.69, 9.17) is 4.74 Å². The largest absolute Gasteiger partial charge is 0.378 e. The first kappa shape index (κ1) is 15.9. The molecular weight excluding hydrogens is 310 g/mol. The molecule has 2 amide bonds. The van der Waals surface area contributed by atoms with Crippen LogP contribution in [0.25, 0.3) is 0 Å². The van der Waals surface area contributed by atoms with E-state index < -0.39 is 12.3 Å². The van der Waals surface area contributed by atoms with Crippen molar-refractivity contribution in [1.82, 2.24) is 20.0 Å². The normalized spacial score (nSPS) is 24.5. The maximum Gasteiger partial charge on any atom is 0.282 e. The second-order valence-corrected chi connectivity index (χ2v) is 5.91. The number of fused-ring (bicyclic) bond motifs is 3. The number of aryl methyl sites for hydroxylation is 1. The van der Waals surface area contributed by atoms with E-state index in [0.717, 1.165) is 0 Å². The summed E-state index contributed by atoms with van der Waals surface area (Å²) in [6.45, 7) is 2.77. The van der Waals surface area contributed by atoms with Crippen molar-refractivity contribution < 1.29 is 23.1 Å². The molecule has 23 heavy (non-hydrogen) atoms. The molecule has 126 valence electrons. The first-order valence-electron chi connectivity index (χ1n) is 7.42. The zero-order valence-corrected chi connectivity index (χ0v) is 12.7. The molecule has 2 fully saturated rings. The van der Waals surface area contributed by atoms with E-state index >= 15 is 0 Å². The van der Waals surface area contributed by atoms with Gasteiger partial charge in [0.15, 0.2) is 0 Å². The number of aromatic nitrogens is 2. The fourth-order valence-electron chi connectivity index (χ4n) is 2.86. The Morgan fingerprint density at radius 2 is 2.26 bits per heavy atom. The van der Waals surface area contributed by atoms with Gasteiger partial charge in [-0.3, -0.25) is 14.3 Å². The van der Waals surface area contributed by atoms with E-state index in [1.807, 2.05) is 0 Å². The lowest BCUT2D eigenvalue weighted by molar-refractivity contribution is -0.134. The molecular formula is C14H18F2N4O3. The van der Waals surface area contributed by atoms with Crippen LogP contribution in [0.3, 0.4) is 0 Å². The standard InChI is InChI=1S/C14H18F2N4O3/c1-8-2-11(13(15)16)18-20(8)5-12(21)19-3-9-6-23-7-10(4-19)17-14(9)22/h2,9-10,13H,3-7H2,1H3,(H,17,22)/t9-,10+/m1/s1. The van der Waals surface area contributed by atoms with Crippen LogP contribution in [0.5, 0.6) is 0 Å². The predicted octanol–water partition coefficient (Wildman–Crippen LogP) is 0.103. The molecule has 1 N–H and O–H groups in total. The number of amides is 2. The van der Waals surface area contributed by atoms with Crippen molar-refractivity contribution in [1.29, 1.82) is 0 Å². The van der Waals surface area contributed by atoms with Gasteiger partial charge in [0.25, 0.3) is 6.43 Å². The van der Waals surface area contributed by atoms with E-state index in [9.17, 15) is 18.4 Å². The molecule has 9 heteroatoms. The number of alkyl halides is 2. The lowest BCUT2D eigenvalue weighted by Crippen LogP contribution is -2.45. The summed E-state index contributed by atoms with van der Waals surface area (Å²) in [6.07, 6.45) is -2.67. The number of ether oxygens (including phenoxy) is 1. The van der Waals surface area contributed by atoms with Crippen LogP contribution in [-0.4, -0.2) is 58.8 Å². The number of nitrogens with one attached hydrogen (secondary N) is 1. The maximum absolute atomic E-state index is 12.7. The highest BCUT2D eigenvalue weighted by Gasteiger charge is 2.35. The van der Waals surface area contributed by atoms with Crippen LogP contribution in [0.1, 0.15) is 17.8 Å². The topological polar surface area (TPSA) is 76.5 Å². The summed E-state index contributed by atoms with van der Waals surface area (Å²) in [5.74, 6) is -0.759. The van der Waals surface area contributed by atoms with Crippen molar-refractivity contribution in [3.63, 3.8) is 0 Å². The van der Waals surface area contributed by atoms with Gasteiger partial charge in [0.1, 0.15) is 12.2 Å². The molecule has 0 aromatic carbocycles. The highest BCUT2D eigenvalue weighted by molar-refractivity contribution is 5.82. The number of hydrogen-bond acceptors (Lipinski definition) is 4. The minimum Gasteiger partial charge on any atom is -0.378 e. The molecule has 2 aliphatic heterocycles. The van der Waals surface area contributed by atoms with Crippen molar-refractivity contribution in [3.05, 3.63) is 17.5 Å². The fourth-order valence-corrected chi connectivity index (χ4v) is 2.86. The van der Waals surface area contributed by atoms with Crippen LogP contribution in [0.4, 0.5) is 8.78 Å². The van der Waals surface area contributed by atoms with Crippen LogP contribution < -0.4 is 5.32 Å². The van der Waals surface area contributed by atoms with E-state index in [-0.39, 0.29) is 43.2 Å². The smallest absolute Gasteiger partial charge is 0.282 e. The van der Waals surface area contributed by atoms with E-state index in [0.29, 0.717) is 18.8 Å². The van der Waals surface area contributed by atoms with Crippen molar-refractivity contribution >= 4 is 11.8 Å². The zero-order valence-electron chi connectivity index (χ0n) is 12.7. The lowest BCUT2D eigenvalue weighted by atomic mass is 10.1. The zero-order chi connectivity index (χ0) is 16.6. The number of carbonyl (C=O) groups excluding carboxylic acids is 2. The van der Waals surface area contributed by atoms with Crippen LogP contribution in [0.15, 0.2) is 6.07 Å². The third-order valence-corrected chi connectivity index (χ3v) is 4.10. The number of hydrogen-bond donors (Lipinski definition) is 1. The van der Waals surface area contributed by atoms with Crippen molar-refractivity contribution in [2.75, 3.05) is 26.3 Å². The van der Waals surface area contributed by atoms with Crippen molar-refractivity contribution in [3.8, 4) is 0 Å². The molecule has 1 aromatic rings. The second kappa shape index (κ2) is 6.23. The minimum atomic E-state index is -2.67. The first-order valence-corrected chi connectivity index (χ1v) is 7.42. The highest BCUT2D eigenvalue weighted by Crippen LogP contribution is 2.19. The van der Waals surface area contributed by atoms with Crippen LogP contribution in [-0.2, 0) is 20.9 Å². The summed E-state index contributed by atoms with van der Waals surface area (Å²) < 4.78 is 32.0. The van der Waals surface area contributed by atoms with Gasteiger partial charge in [0.05, 0.1) is 25.2 Å². The molecule has 2 aliphatic rings. The average Bonchev–Trinajstić information content (AvgIpc) is 2.64. The Labute approximate surface area is 131 Å². The Bertz CT molecular complexity index is 619. The van der Waals surface area contributed by atoms with Gasteiger partial charge in [0, 0.05) is 18.8 Å². The van der Waals surface area contributed by atoms with Gasteiger partial charge in [-0.15, -0.1) is 0 Å². The van der Waals surface area contributed by atoms with Crippen molar-refractivity contribution in [2.24, 2.45) is 5.92 Å². The molecule has 7 nitrogen and oxygen atoms in total. The molecule has 0 unspecified atom stereocenters. The Balaban J connectivity index is 1.72. The molecule has 2 atom stereocenters. The monoisotopic (exact) mass is 328 g/mol. The molecule has 0 spiro atoms. The quantitative estimate of drug-likeness (QED) is 0.854. The van der Waals surface area contributed by atoms with Gasteiger partial charge in [-0.1, -0.05) is 0 Å². The van der Waals surface area contributed by atoms with Gasteiger partial charge < -0.3 is 15.0 Å². The Kier molecular flexibility index (Phi) is 4.29. The summed E-state index contributed by atoms with van der Waals surface area (Å²) >= 11 is 0. The van der Waals surface area contributed by atoms with Crippen LogP contribution in [0, 0.1) is 12.8 Å². The summed E-state index contributed by atoms with van der Waals surface area (Å²) in [7, 11) is 0. The van der Waals surface area contributed by atoms with Crippen molar-refractivity contribution in [2.45, 2.75) is 25.9 Å². The minimum absolute atomic E-state index is 0.113. The molecule has 0 aliphatic carbocycles. The fraction of sp³-hybridized carbons (Fsp3) is 0.643. The summed E-state index contributed by atoms with van der Waals surface area (Å²) in [5.41, 5.74) is 0.162. The predicted molar refractivity (Wildman–Crippen MR) is 74.7 cm³/mol. The molecule has 2 saturated heterocycles. The second-order valence-electron chi connectivity index (χ2n) is 5.91. The van der Waals surface area contributed by atoms with E-state index in [1.54, 1.807) is 11.8 Å². The van der Waals surface area contributed by atoms with Gasteiger partial charge in [-0.2, -0.15) is 5.10 Å².